The first-order chi connectivity index (χ1) is 46.3. The Kier molecular flexibility index (Phi) is 21.1. The molecule has 25 nitrogen and oxygen atoms in total. The van der Waals surface area contributed by atoms with E-state index >= 15 is 0 Å². The van der Waals surface area contributed by atoms with E-state index in [4.69, 9.17) is 43.1 Å². The number of hydrogen-bond acceptors (Lipinski definition) is 25. The third-order valence-electron chi connectivity index (χ3n) is 18.0. The van der Waals surface area contributed by atoms with Crippen LogP contribution in [0.2, 0.25) is 0 Å². The molecule has 6 aromatic heterocycles. The van der Waals surface area contributed by atoms with Crippen molar-refractivity contribution >= 4 is 68.0 Å². The van der Waals surface area contributed by atoms with E-state index in [0.717, 1.165) is 235 Å². The Morgan fingerprint density at radius 1 is 0.383 bits per heavy atom. The average molecular weight is 1280 g/mol. The molecule has 0 radical (unpaired) electrons. The van der Waals surface area contributed by atoms with Gasteiger partial charge in [-0.05, 0) is 121 Å². The van der Waals surface area contributed by atoms with Crippen molar-refractivity contribution in [3.63, 3.8) is 0 Å². The van der Waals surface area contributed by atoms with E-state index in [9.17, 15) is 0 Å². The summed E-state index contributed by atoms with van der Waals surface area (Å²) in [5.74, 6) is 5.03. The molecule has 15 rings (SSSR count). The monoisotopic (exact) mass is 1280 g/mol. The van der Waals surface area contributed by atoms with Crippen LogP contribution in [0.4, 0.5) is 34.9 Å². The number of nitrogens with zero attached hydrogens (tertiary/aromatic N) is 15. The van der Waals surface area contributed by atoms with E-state index in [1.807, 2.05) is 38.4 Å². The van der Waals surface area contributed by atoms with Gasteiger partial charge in [-0.3, -0.25) is 9.97 Å². The predicted molar refractivity (Wildman–Crippen MR) is 361 cm³/mol. The molecule has 0 spiro atoms. The minimum Gasteiger partial charge on any atom is -0.488 e. The van der Waals surface area contributed by atoms with Gasteiger partial charge in [-0.2, -0.15) is 4.98 Å². The highest BCUT2D eigenvalue weighted by atomic mass is 16.5. The molecule has 25 heteroatoms. The van der Waals surface area contributed by atoms with Gasteiger partial charge in [0.1, 0.15) is 33.8 Å². The second kappa shape index (κ2) is 31.2. The van der Waals surface area contributed by atoms with Gasteiger partial charge in [0.2, 0.25) is 23.7 Å². The molecular weight excluding hydrogens is 1190 g/mol. The van der Waals surface area contributed by atoms with Crippen LogP contribution in [0.25, 0.3) is 33.1 Å². The molecule has 6 aliphatic rings. The van der Waals surface area contributed by atoms with Gasteiger partial charge >= 0.3 is 0 Å². The zero-order chi connectivity index (χ0) is 63.8. The van der Waals surface area contributed by atoms with E-state index < -0.39 is 0 Å². The number of morpholine rings is 3. The number of hydrogen-bond donors (Lipinski definition) is 3. The highest BCUT2D eigenvalue weighted by Crippen LogP contribution is 2.37. The molecule has 3 N–H and O–H groups in total. The number of aryl methyl sites for hydroxylation is 2. The van der Waals surface area contributed by atoms with Gasteiger partial charge in [-0.15, -0.1) is 0 Å². The lowest BCUT2D eigenvalue weighted by Crippen LogP contribution is -2.36. The first-order valence-corrected chi connectivity index (χ1v) is 33.3. The van der Waals surface area contributed by atoms with Crippen molar-refractivity contribution in [3.05, 3.63) is 122 Å². The van der Waals surface area contributed by atoms with Crippen LogP contribution in [0.15, 0.2) is 110 Å². The summed E-state index contributed by atoms with van der Waals surface area (Å²) >= 11 is 0. The molecule has 0 unspecified atom stereocenters. The molecule has 6 fully saturated rings. The molecule has 0 atom stereocenters. The SMILES string of the molecule is COc1ccnc(NC2CCC(Oc3cc(N4CCOCC4)cc4nccnc34)CC2)n1.Cc1cnc2c(OC3CCC(Nc4ncccn4)CC3)cc(N3CCOCC3)cc2n1.Cc1cnc2cc(N3CCOCC3)cc(OC3CCC(Nc4ncccn4)CC3)c2n1. The Hall–Kier alpha value is -9.20. The number of ether oxygens (including phenoxy) is 7. The van der Waals surface area contributed by atoms with Gasteiger partial charge in [-0.25, -0.2) is 44.9 Å². The van der Waals surface area contributed by atoms with Crippen LogP contribution in [-0.2, 0) is 14.2 Å². The Morgan fingerprint density at radius 2 is 0.777 bits per heavy atom. The van der Waals surface area contributed by atoms with Crippen molar-refractivity contribution in [2.45, 2.75) is 127 Å². The lowest BCUT2D eigenvalue weighted by Gasteiger charge is -2.31. The maximum Gasteiger partial charge on any atom is 0.226 e. The number of fused-ring (bicyclic) bond motifs is 3. The van der Waals surface area contributed by atoms with E-state index in [1.165, 1.54) is 0 Å². The maximum atomic E-state index is 6.53. The number of methoxy groups -OCH3 is 1. The zero-order valence-corrected chi connectivity index (χ0v) is 53.9. The first kappa shape index (κ1) is 63.6. The summed E-state index contributed by atoms with van der Waals surface area (Å²) in [4.78, 5) is 60.5. The lowest BCUT2D eigenvalue weighted by molar-refractivity contribution is 0.122. The van der Waals surface area contributed by atoms with Crippen molar-refractivity contribution in [3.8, 4) is 23.1 Å². The molecular formula is C69H84N18O7. The van der Waals surface area contributed by atoms with Gasteiger partial charge in [0.05, 0.1) is 93.0 Å². The summed E-state index contributed by atoms with van der Waals surface area (Å²) in [5, 5.41) is 10.3. The van der Waals surface area contributed by atoms with Gasteiger partial charge < -0.3 is 63.8 Å². The molecule has 3 aliphatic carbocycles. The Morgan fingerprint density at radius 3 is 1.26 bits per heavy atom. The van der Waals surface area contributed by atoms with Crippen LogP contribution in [0.1, 0.15) is 88.4 Å². The quantitative estimate of drug-likeness (QED) is 0.0812. The second-order valence-corrected chi connectivity index (χ2v) is 24.6. The molecule has 3 aliphatic heterocycles. The van der Waals surface area contributed by atoms with Crippen molar-refractivity contribution in [1.29, 1.82) is 0 Å². The standard InChI is InChI=1S/C23H28N6O3.2C23H28N6O2/c1-30-21-6-7-26-23(28-21)27-16-2-4-18(5-3-16)32-20-15-17(29-10-12-31-13-11-29)14-19-22(20)25-9-8-24-19;1-16-15-26-22-20(27-16)13-18(29-9-11-30-12-10-29)14-21(22)31-19-5-3-17(4-6-19)28-23-24-7-2-8-25-23;1-16-15-26-20-13-18(29-9-11-30-12-10-29)14-21(22(20)27-16)31-19-5-3-17(4-6-19)28-23-24-7-2-8-25-23/h6-9,14-16,18H,2-5,10-13H2,1H3,(H,26,27,28);2*2,7-8,13-15,17,19H,3-6,9-12H2,1H3,(H,24,25,28). The normalized spacial score (nSPS) is 21.6. The molecule has 94 heavy (non-hydrogen) atoms. The van der Waals surface area contributed by atoms with Gasteiger partial charge in [0, 0.05) is 154 Å². The minimum absolute atomic E-state index is 0.143. The molecule has 9 aromatic rings. The maximum absolute atomic E-state index is 6.53. The largest absolute Gasteiger partial charge is 0.488 e. The van der Waals surface area contributed by atoms with Gasteiger partial charge in [-0.1, -0.05) is 0 Å². The van der Waals surface area contributed by atoms with E-state index in [2.05, 4.69) is 117 Å². The first-order valence-electron chi connectivity index (χ1n) is 33.3. The summed E-state index contributed by atoms with van der Waals surface area (Å²) in [5.41, 5.74) is 10.3. The van der Waals surface area contributed by atoms with Crippen LogP contribution in [0, 0.1) is 13.8 Å². The van der Waals surface area contributed by atoms with Crippen molar-refractivity contribution < 1.29 is 33.2 Å². The molecule has 3 saturated heterocycles. The second-order valence-electron chi connectivity index (χ2n) is 24.6. The smallest absolute Gasteiger partial charge is 0.226 e. The highest BCUT2D eigenvalue weighted by molar-refractivity contribution is 5.87. The van der Waals surface area contributed by atoms with Gasteiger partial charge in [0.25, 0.3) is 0 Å². The fraction of sp³-hybridized carbons (Fsp3) is 0.478. The molecule has 492 valence electrons. The average Bonchev–Trinajstić information content (AvgIpc) is 1.16. The van der Waals surface area contributed by atoms with Crippen LogP contribution in [-0.4, -0.2) is 182 Å². The van der Waals surface area contributed by atoms with Crippen molar-refractivity contribution in [2.24, 2.45) is 0 Å². The van der Waals surface area contributed by atoms with E-state index in [1.54, 1.807) is 56.6 Å². The summed E-state index contributed by atoms with van der Waals surface area (Å²) in [6, 6.07) is 19.2. The topological polar surface area (TPSA) is 265 Å². The Labute approximate surface area is 547 Å². The summed E-state index contributed by atoms with van der Waals surface area (Å²) in [6.45, 7) is 13.6. The van der Waals surface area contributed by atoms with Gasteiger partial charge in [0.15, 0.2) is 0 Å². The van der Waals surface area contributed by atoms with Crippen molar-refractivity contribution in [2.75, 3.05) is 117 Å². The highest BCUT2D eigenvalue weighted by Gasteiger charge is 2.29. The van der Waals surface area contributed by atoms with Crippen molar-refractivity contribution in [1.82, 2.24) is 59.8 Å². The van der Waals surface area contributed by atoms with Crippen LogP contribution < -0.4 is 49.6 Å². The number of anilines is 6. The summed E-state index contributed by atoms with van der Waals surface area (Å²) in [7, 11) is 1.61. The third kappa shape index (κ3) is 16.8. The number of aromatic nitrogens is 12. The van der Waals surface area contributed by atoms with E-state index in [-0.39, 0.29) is 18.3 Å². The molecule has 3 aromatic carbocycles. The molecule has 3 saturated carbocycles. The van der Waals surface area contributed by atoms with Crippen LogP contribution in [0.5, 0.6) is 23.1 Å². The van der Waals surface area contributed by atoms with Crippen LogP contribution >= 0.6 is 0 Å². The fourth-order valence-electron chi connectivity index (χ4n) is 13.0. The number of benzene rings is 3. The summed E-state index contributed by atoms with van der Waals surface area (Å²) in [6.07, 6.45) is 28.2. The third-order valence-corrected chi connectivity index (χ3v) is 18.0. The molecule has 0 amide bonds. The lowest BCUT2D eigenvalue weighted by atomic mass is 9.93. The number of nitrogens with one attached hydrogen (secondary N) is 3. The number of rotatable bonds is 16. The van der Waals surface area contributed by atoms with Crippen LogP contribution in [0.3, 0.4) is 0 Å². The summed E-state index contributed by atoms with van der Waals surface area (Å²) < 4.78 is 41.3. The Bertz CT molecular complexity index is 3880. The Balaban J connectivity index is 0.000000128. The molecule has 0 bridgehead atoms. The minimum atomic E-state index is 0.143. The predicted octanol–water partition coefficient (Wildman–Crippen LogP) is 9.80. The molecule has 9 heterocycles. The zero-order valence-electron chi connectivity index (χ0n) is 53.9. The fourth-order valence-corrected chi connectivity index (χ4v) is 13.0. The van der Waals surface area contributed by atoms with E-state index in [0.29, 0.717) is 41.9 Å².